The summed E-state index contributed by atoms with van der Waals surface area (Å²) in [5, 5.41) is 12.7. The van der Waals surface area contributed by atoms with E-state index in [2.05, 4.69) is 29.3 Å². The molecule has 1 saturated heterocycles. The first-order valence-electron chi connectivity index (χ1n) is 7.89. The number of hydrogen-bond acceptors (Lipinski definition) is 3. The number of amides is 1. The third-order valence-electron chi connectivity index (χ3n) is 4.79. The maximum absolute atomic E-state index is 12.3. The lowest BCUT2D eigenvalue weighted by atomic mass is 9.96. The summed E-state index contributed by atoms with van der Waals surface area (Å²) in [6.45, 7) is 3.78. The average Bonchev–Trinajstić information content (AvgIpc) is 3.22. The minimum absolute atomic E-state index is 0.0508. The number of hydrogen-bond donors (Lipinski definition) is 2. The summed E-state index contributed by atoms with van der Waals surface area (Å²) in [4.78, 5) is 14.6. The predicted octanol–water partition coefficient (Wildman–Crippen LogP) is 1.57. The zero-order chi connectivity index (χ0) is 14.8. The number of benzene rings is 1. The van der Waals surface area contributed by atoms with Crippen molar-refractivity contribution in [2.24, 2.45) is 11.8 Å². The lowest BCUT2D eigenvalue weighted by Crippen LogP contribution is -2.37. The van der Waals surface area contributed by atoms with Crippen molar-refractivity contribution in [3.63, 3.8) is 0 Å². The van der Waals surface area contributed by atoms with E-state index in [0.29, 0.717) is 6.04 Å². The van der Waals surface area contributed by atoms with Crippen molar-refractivity contribution in [3.8, 4) is 0 Å². The van der Waals surface area contributed by atoms with Crippen LogP contribution in [0, 0.1) is 11.8 Å². The summed E-state index contributed by atoms with van der Waals surface area (Å²) < 4.78 is 0. The second-order valence-corrected chi connectivity index (χ2v) is 6.37. The van der Waals surface area contributed by atoms with Gasteiger partial charge in [-0.3, -0.25) is 9.69 Å². The smallest absolute Gasteiger partial charge is 0.225 e. The van der Waals surface area contributed by atoms with Gasteiger partial charge in [0.1, 0.15) is 0 Å². The van der Waals surface area contributed by atoms with Crippen LogP contribution in [0.4, 0.5) is 0 Å². The van der Waals surface area contributed by atoms with E-state index in [1.54, 1.807) is 0 Å². The summed E-state index contributed by atoms with van der Waals surface area (Å²) in [6, 6.07) is 11.0. The van der Waals surface area contributed by atoms with Crippen molar-refractivity contribution in [3.05, 3.63) is 35.9 Å². The number of aliphatic hydroxyl groups excluding tert-OH is 1. The Kier molecular flexibility index (Phi) is 4.27. The molecule has 0 radical (unpaired) electrons. The summed E-state index contributed by atoms with van der Waals surface area (Å²) >= 11 is 0. The maximum Gasteiger partial charge on any atom is 0.225 e. The highest BCUT2D eigenvalue weighted by Crippen LogP contribution is 2.31. The molecule has 1 saturated carbocycles. The molecule has 1 aliphatic heterocycles. The van der Waals surface area contributed by atoms with E-state index in [1.165, 1.54) is 5.56 Å². The fraction of sp³-hybridized carbons (Fsp3) is 0.588. The van der Waals surface area contributed by atoms with E-state index in [4.69, 9.17) is 0 Å². The lowest BCUT2D eigenvalue weighted by molar-refractivity contribution is -0.126. The number of carbonyl (C=O) groups is 1. The monoisotopic (exact) mass is 288 g/mol. The van der Waals surface area contributed by atoms with Gasteiger partial charge < -0.3 is 10.4 Å². The minimum Gasteiger partial charge on any atom is -0.396 e. The molecular weight excluding hydrogens is 264 g/mol. The lowest BCUT2D eigenvalue weighted by Gasteiger charge is -2.24. The summed E-state index contributed by atoms with van der Waals surface area (Å²) in [5.41, 5.74) is 1.26. The Balaban J connectivity index is 1.66. The molecule has 1 aromatic rings. The fourth-order valence-electron chi connectivity index (χ4n) is 3.18. The molecule has 0 spiro atoms. The second kappa shape index (κ2) is 6.16. The van der Waals surface area contributed by atoms with Crippen LogP contribution in [0.3, 0.4) is 0 Å². The third-order valence-corrected chi connectivity index (χ3v) is 4.79. The van der Waals surface area contributed by atoms with Crippen molar-refractivity contribution in [2.45, 2.75) is 31.8 Å². The van der Waals surface area contributed by atoms with Gasteiger partial charge in [-0.15, -0.1) is 0 Å². The zero-order valence-electron chi connectivity index (χ0n) is 12.5. The number of nitrogens with one attached hydrogen (secondary N) is 1. The van der Waals surface area contributed by atoms with Gasteiger partial charge >= 0.3 is 0 Å². The molecule has 2 unspecified atom stereocenters. The molecule has 1 heterocycles. The van der Waals surface area contributed by atoms with E-state index >= 15 is 0 Å². The maximum atomic E-state index is 12.3. The van der Waals surface area contributed by atoms with Crippen LogP contribution >= 0.6 is 0 Å². The standard InChI is InChI=1S/C17H24N2O2/c1-12(13-5-3-2-4-6-13)19-9-14(11-20)16(10-19)17(21)18-15-7-8-15/h2-6,12,14-16,20H,7-11H2,1H3,(H,18,21)/t12-,14?,16?/m0/s1. The van der Waals surface area contributed by atoms with E-state index in [-0.39, 0.29) is 30.4 Å². The Hall–Kier alpha value is -1.39. The van der Waals surface area contributed by atoms with Gasteiger partial charge in [-0.2, -0.15) is 0 Å². The highest BCUT2D eigenvalue weighted by molar-refractivity contribution is 5.80. The van der Waals surface area contributed by atoms with Crippen molar-refractivity contribution in [2.75, 3.05) is 19.7 Å². The Morgan fingerprint density at radius 2 is 2.05 bits per heavy atom. The van der Waals surface area contributed by atoms with Crippen LogP contribution in [0.2, 0.25) is 0 Å². The van der Waals surface area contributed by atoms with Crippen LogP contribution in [0.15, 0.2) is 30.3 Å². The van der Waals surface area contributed by atoms with Crippen LogP contribution in [0.5, 0.6) is 0 Å². The molecule has 1 aliphatic carbocycles. The second-order valence-electron chi connectivity index (χ2n) is 6.37. The molecule has 1 aromatic carbocycles. The van der Waals surface area contributed by atoms with Crippen LogP contribution in [-0.2, 0) is 4.79 Å². The van der Waals surface area contributed by atoms with Crippen molar-refractivity contribution < 1.29 is 9.90 Å². The molecule has 2 N–H and O–H groups in total. The highest BCUT2D eigenvalue weighted by atomic mass is 16.3. The van der Waals surface area contributed by atoms with Gasteiger partial charge in [-0.05, 0) is 25.3 Å². The molecule has 21 heavy (non-hydrogen) atoms. The van der Waals surface area contributed by atoms with E-state index in [0.717, 1.165) is 25.9 Å². The molecule has 1 amide bonds. The Bertz CT molecular complexity index is 487. The van der Waals surface area contributed by atoms with E-state index < -0.39 is 0 Å². The van der Waals surface area contributed by atoms with Crippen LogP contribution in [0.25, 0.3) is 0 Å². The van der Waals surface area contributed by atoms with Gasteiger partial charge in [0.2, 0.25) is 5.91 Å². The predicted molar refractivity (Wildman–Crippen MR) is 81.7 cm³/mol. The molecule has 0 bridgehead atoms. The number of rotatable bonds is 5. The molecule has 3 rings (SSSR count). The van der Waals surface area contributed by atoms with Gasteiger partial charge in [0, 0.05) is 37.7 Å². The van der Waals surface area contributed by atoms with Gasteiger partial charge in [-0.1, -0.05) is 30.3 Å². The molecule has 0 aromatic heterocycles. The van der Waals surface area contributed by atoms with Crippen LogP contribution < -0.4 is 5.32 Å². The van der Waals surface area contributed by atoms with Crippen LogP contribution in [0.1, 0.15) is 31.4 Å². The molecular formula is C17H24N2O2. The zero-order valence-corrected chi connectivity index (χ0v) is 12.5. The fourth-order valence-corrected chi connectivity index (χ4v) is 3.18. The molecule has 2 fully saturated rings. The Labute approximate surface area is 126 Å². The number of likely N-dealkylation sites (tertiary alicyclic amines) is 1. The Morgan fingerprint density at radius 1 is 1.33 bits per heavy atom. The summed E-state index contributed by atoms with van der Waals surface area (Å²) in [6.07, 6.45) is 2.21. The molecule has 3 atom stereocenters. The van der Waals surface area contributed by atoms with Crippen LogP contribution in [-0.4, -0.2) is 41.7 Å². The molecule has 114 valence electrons. The molecule has 4 heteroatoms. The summed E-state index contributed by atoms with van der Waals surface area (Å²) in [7, 11) is 0. The topological polar surface area (TPSA) is 52.6 Å². The minimum atomic E-state index is -0.0817. The largest absolute Gasteiger partial charge is 0.396 e. The first-order valence-corrected chi connectivity index (χ1v) is 7.89. The third kappa shape index (κ3) is 3.27. The number of aliphatic hydroxyl groups is 1. The van der Waals surface area contributed by atoms with Gasteiger partial charge in [0.05, 0.1) is 5.92 Å². The Morgan fingerprint density at radius 3 is 2.67 bits per heavy atom. The average molecular weight is 288 g/mol. The molecule has 4 nitrogen and oxygen atoms in total. The summed E-state index contributed by atoms with van der Waals surface area (Å²) in [5.74, 6) is 0.0935. The quantitative estimate of drug-likeness (QED) is 0.864. The normalized spacial score (nSPS) is 27.5. The number of nitrogens with zero attached hydrogens (tertiary/aromatic N) is 1. The van der Waals surface area contributed by atoms with Gasteiger partial charge in [0.25, 0.3) is 0 Å². The van der Waals surface area contributed by atoms with Gasteiger partial charge in [-0.25, -0.2) is 0 Å². The van der Waals surface area contributed by atoms with Crippen molar-refractivity contribution in [1.29, 1.82) is 0 Å². The van der Waals surface area contributed by atoms with E-state index in [1.807, 2.05) is 18.2 Å². The highest BCUT2D eigenvalue weighted by Gasteiger charge is 2.40. The first-order chi connectivity index (χ1) is 10.2. The van der Waals surface area contributed by atoms with Gasteiger partial charge in [0.15, 0.2) is 0 Å². The van der Waals surface area contributed by atoms with Crippen molar-refractivity contribution in [1.82, 2.24) is 10.2 Å². The first kappa shape index (κ1) is 14.5. The number of carbonyl (C=O) groups excluding carboxylic acids is 1. The molecule has 2 aliphatic rings. The SMILES string of the molecule is C[C@@H](c1ccccc1)N1CC(CO)C(C(=O)NC2CC2)C1. The van der Waals surface area contributed by atoms with Crippen molar-refractivity contribution >= 4 is 5.91 Å². The van der Waals surface area contributed by atoms with E-state index in [9.17, 15) is 9.90 Å².